The van der Waals surface area contributed by atoms with Gasteiger partial charge in [0.2, 0.25) is 0 Å². The molecule has 1 aliphatic carbocycles. The lowest BCUT2D eigenvalue weighted by Gasteiger charge is -2.43. The van der Waals surface area contributed by atoms with Gasteiger partial charge >= 0.3 is 0 Å². The quantitative estimate of drug-likeness (QED) is 0.827. The summed E-state index contributed by atoms with van der Waals surface area (Å²) in [5.74, 6) is -0.359. The molecule has 3 nitrogen and oxygen atoms in total. The first kappa shape index (κ1) is 13.3. The molecule has 0 radical (unpaired) electrons. The molecule has 17 heavy (non-hydrogen) atoms. The van der Waals surface area contributed by atoms with Crippen LogP contribution in [-0.2, 0) is 9.47 Å². The summed E-state index contributed by atoms with van der Waals surface area (Å²) in [6.07, 6.45) is 5.26. The smallest absolute Gasteiger partial charge is 0.168 e. The summed E-state index contributed by atoms with van der Waals surface area (Å²) in [7, 11) is 0. The molecule has 2 rings (SSSR count). The van der Waals surface area contributed by atoms with Gasteiger partial charge in [0.25, 0.3) is 0 Å². The van der Waals surface area contributed by atoms with E-state index in [1.807, 2.05) is 0 Å². The Kier molecular flexibility index (Phi) is 3.54. The van der Waals surface area contributed by atoms with Gasteiger partial charge in [0.15, 0.2) is 5.79 Å². The minimum atomic E-state index is -0.514. The van der Waals surface area contributed by atoms with Crippen LogP contribution in [0.3, 0.4) is 0 Å². The summed E-state index contributed by atoms with van der Waals surface area (Å²) in [4.78, 5) is 0. The Hall–Kier alpha value is -0.120. The van der Waals surface area contributed by atoms with Crippen LogP contribution >= 0.6 is 0 Å². The van der Waals surface area contributed by atoms with Crippen molar-refractivity contribution >= 4 is 0 Å². The molecule has 3 heteroatoms. The molecule has 1 spiro atoms. The average Bonchev–Trinajstić information content (AvgIpc) is 2.72. The van der Waals surface area contributed by atoms with Crippen LogP contribution in [0.5, 0.6) is 0 Å². The maximum absolute atomic E-state index is 10.7. The lowest BCUT2D eigenvalue weighted by atomic mass is 9.71. The minimum absolute atomic E-state index is 0.219. The van der Waals surface area contributed by atoms with E-state index in [4.69, 9.17) is 9.47 Å². The number of aliphatic hydroxyl groups is 1. The molecule has 1 N–H and O–H groups in total. The summed E-state index contributed by atoms with van der Waals surface area (Å²) >= 11 is 0. The molecule has 0 aromatic rings. The van der Waals surface area contributed by atoms with Crippen molar-refractivity contribution in [1.82, 2.24) is 0 Å². The number of hydrogen-bond donors (Lipinski definition) is 1. The summed E-state index contributed by atoms with van der Waals surface area (Å²) in [5.41, 5.74) is -0.295. The van der Waals surface area contributed by atoms with Gasteiger partial charge in [-0.05, 0) is 24.7 Å². The fraction of sp³-hybridized carbons (Fsp3) is 1.00. The molecule has 0 amide bonds. The Morgan fingerprint density at radius 3 is 2.06 bits per heavy atom. The van der Waals surface area contributed by atoms with Crippen LogP contribution in [0, 0.1) is 5.41 Å². The van der Waals surface area contributed by atoms with Gasteiger partial charge in [0.1, 0.15) is 0 Å². The molecule has 1 saturated heterocycles. The maximum atomic E-state index is 10.7. The third-order valence-electron chi connectivity index (χ3n) is 4.52. The monoisotopic (exact) mass is 242 g/mol. The fourth-order valence-corrected chi connectivity index (χ4v) is 3.07. The van der Waals surface area contributed by atoms with Crippen LogP contribution < -0.4 is 0 Å². The van der Waals surface area contributed by atoms with Crippen molar-refractivity contribution in [3.8, 4) is 0 Å². The van der Waals surface area contributed by atoms with Crippen molar-refractivity contribution < 1.29 is 14.6 Å². The Morgan fingerprint density at radius 1 is 1.06 bits per heavy atom. The van der Waals surface area contributed by atoms with Crippen LogP contribution in [0.2, 0.25) is 0 Å². The third kappa shape index (κ3) is 3.01. The highest BCUT2D eigenvalue weighted by Crippen LogP contribution is 2.45. The predicted molar refractivity (Wildman–Crippen MR) is 66.7 cm³/mol. The van der Waals surface area contributed by atoms with E-state index in [1.165, 1.54) is 0 Å². The molecule has 0 unspecified atom stereocenters. The van der Waals surface area contributed by atoms with Crippen LogP contribution in [0.1, 0.15) is 59.3 Å². The highest BCUT2D eigenvalue weighted by atomic mass is 16.7. The summed E-state index contributed by atoms with van der Waals surface area (Å²) in [6.45, 7) is 8.07. The fourth-order valence-electron chi connectivity index (χ4n) is 3.07. The molecule has 2 aliphatic rings. The average molecular weight is 242 g/mol. The molecule has 0 aromatic carbocycles. The predicted octanol–water partition coefficient (Wildman–Crippen LogP) is 2.86. The van der Waals surface area contributed by atoms with Gasteiger partial charge in [-0.25, -0.2) is 0 Å². The van der Waals surface area contributed by atoms with E-state index in [9.17, 15) is 5.11 Å². The second kappa shape index (κ2) is 4.52. The van der Waals surface area contributed by atoms with E-state index in [-0.39, 0.29) is 11.2 Å². The highest BCUT2D eigenvalue weighted by Gasteiger charge is 2.46. The first-order chi connectivity index (χ1) is 7.89. The van der Waals surface area contributed by atoms with Crippen molar-refractivity contribution in [3.05, 3.63) is 0 Å². The van der Waals surface area contributed by atoms with Crippen LogP contribution in [0.25, 0.3) is 0 Å². The van der Waals surface area contributed by atoms with Crippen LogP contribution in [0.4, 0.5) is 0 Å². The SMILES string of the molecule is CCC(C)(C)CC1(O)CCC2(CC1)OCCO2. The van der Waals surface area contributed by atoms with E-state index >= 15 is 0 Å². The molecule has 100 valence electrons. The van der Waals surface area contributed by atoms with Crippen molar-refractivity contribution in [2.75, 3.05) is 13.2 Å². The van der Waals surface area contributed by atoms with Gasteiger partial charge in [-0.3, -0.25) is 0 Å². The second-order valence-corrected chi connectivity index (χ2v) is 6.53. The van der Waals surface area contributed by atoms with E-state index in [0.717, 1.165) is 38.5 Å². The zero-order valence-electron chi connectivity index (χ0n) is 11.4. The van der Waals surface area contributed by atoms with Crippen LogP contribution in [-0.4, -0.2) is 29.7 Å². The van der Waals surface area contributed by atoms with Gasteiger partial charge < -0.3 is 14.6 Å². The molecule has 0 atom stereocenters. The lowest BCUT2D eigenvalue weighted by Crippen LogP contribution is -2.45. The third-order valence-corrected chi connectivity index (χ3v) is 4.52. The van der Waals surface area contributed by atoms with Gasteiger partial charge in [-0.15, -0.1) is 0 Å². The maximum Gasteiger partial charge on any atom is 0.168 e. The molecule has 2 fully saturated rings. The molecule has 1 saturated carbocycles. The molecular weight excluding hydrogens is 216 g/mol. The topological polar surface area (TPSA) is 38.7 Å². The normalized spacial score (nSPS) is 27.5. The number of rotatable bonds is 3. The van der Waals surface area contributed by atoms with Crippen molar-refractivity contribution in [1.29, 1.82) is 0 Å². The first-order valence-electron chi connectivity index (χ1n) is 6.89. The summed E-state index contributed by atoms with van der Waals surface area (Å²) in [6, 6.07) is 0. The highest BCUT2D eigenvalue weighted by molar-refractivity contribution is 4.94. The van der Waals surface area contributed by atoms with Crippen molar-refractivity contribution in [2.45, 2.75) is 70.7 Å². The van der Waals surface area contributed by atoms with E-state index in [2.05, 4.69) is 20.8 Å². The Morgan fingerprint density at radius 2 is 1.59 bits per heavy atom. The first-order valence-corrected chi connectivity index (χ1v) is 6.89. The Balaban J connectivity index is 1.92. The largest absolute Gasteiger partial charge is 0.390 e. The van der Waals surface area contributed by atoms with Crippen molar-refractivity contribution in [3.63, 3.8) is 0 Å². The second-order valence-electron chi connectivity index (χ2n) is 6.53. The van der Waals surface area contributed by atoms with Gasteiger partial charge in [-0.2, -0.15) is 0 Å². The molecule has 0 aromatic heterocycles. The Labute approximate surface area is 104 Å². The van der Waals surface area contributed by atoms with Gasteiger partial charge in [0.05, 0.1) is 18.8 Å². The standard InChI is InChI=1S/C14H26O3/c1-4-12(2,3)11-13(15)5-7-14(8-6-13)16-9-10-17-14/h15H,4-11H2,1-3H3. The van der Waals surface area contributed by atoms with Gasteiger partial charge in [0, 0.05) is 12.8 Å². The van der Waals surface area contributed by atoms with Crippen LogP contribution in [0.15, 0.2) is 0 Å². The molecule has 1 heterocycles. The number of hydrogen-bond acceptors (Lipinski definition) is 3. The zero-order valence-corrected chi connectivity index (χ0v) is 11.4. The van der Waals surface area contributed by atoms with E-state index in [0.29, 0.717) is 13.2 Å². The summed E-state index contributed by atoms with van der Waals surface area (Å²) in [5, 5.41) is 10.7. The molecule has 1 aliphatic heterocycles. The lowest BCUT2D eigenvalue weighted by molar-refractivity contribution is -0.206. The summed E-state index contributed by atoms with van der Waals surface area (Å²) < 4.78 is 11.4. The molecule has 0 bridgehead atoms. The van der Waals surface area contributed by atoms with E-state index in [1.54, 1.807) is 0 Å². The van der Waals surface area contributed by atoms with E-state index < -0.39 is 5.60 Å². The minimum Gasteiger partial charge on any atom is -0.390 e. The molecular formula is C14H26O3. The Bertz CT molecular complexity index is 257. The zero-order chi connectivity index (χ0) is 12.6. The number of ether oxygens (including phenoxy) is 2. The van der Waals surface area contributed by atoms with Gasteiger partial charge in [-0.1, -0.05) is 27.2 Å². The van der Waals surface area contributed by atoms with Crippen molar-refractivity contribution in [2.24, 2.45) is 5.41 Å².